The maximum atomic E-state index is 11.4. The van der Waals surface area contributed by atoms with Crippen LogP contribution in [0.5, 0.6) is 5.75 Å². The van der Waals surface area contributed by atoms with Gasteiger partial charge in [-0.3, -0.25) is 4.79 Å². The zero-order chi connectivity index (χ0) is 14.0. The summed E-state index contributed by atoms with van der Waals surface area (Å²) < 4.78 is 10.4. The van der Waals surface area contributed by atoms with Crippen molar-refractivity contribution in [1.29, 1.82) is 0 Å². The Bertz CT molecular complexity index is 475. The van der Waals surface area contributed by atoms with Crippen LogP contribution in [0.1, 0.15) is 30.9 Å². The van der Waals surface area contributed by atoms with Crippen LogP contribution in [0.4, 0.5) is 0 Å². The Labute approximate surface area is 113 Å². The summed E-state index contributed by atoms with van der Waals surface area (Å²) in [6.45, 7) is 4.78. The molecule has 1 N–H and O–H groups in total. The fraction of sp³-hybridized carbons (Fsp3) is 0.533. The molecule has 4 heteroatoms. The summed E-state index contributed by atoms with van der Waals surface area (Å²) in [5.74, 6) is 0.357. The lowest BCUT2D eigenvalue weighted by molar-refractivity contribution is -0.179. The van der Waals surface area contributed by atoms with E-state index in [0.717, 1.165) is 11.3 Å². The molecule has 0 atom stereocenters. The first-order chi connectivity index (χ1) is 8.98. The van der Waals surface area contributed by atoms with Gasteiger partial charge in [-0.15, -0.1) is 0 Å². The van der Waals surface area contributed by atoms with Crippen molar-refractivity contribution in [3.8, 4) is 5.75 Å². The molecule has 0 amide bonds. The number of carbonyl (C=O) groups is 1. The number of carboxylic acid groups (broad SMARTS) is 1. The van der Waals surface area contributed by atoms with Crippen molar-refractivity contribution in [3.05, 3.63) is 29.3 Å². The Morgan fingerprint density at radius 1 is 1.47 bits per heavy atom. The molecule has 0 saturated carbocycles. The average Bonchev–Trinajstić information content (AvgIpc) is 2.32. The van der Waals surface area contributed by atoms with Gasteiger partial charge in [-0.05, 0) is 29.5 Å². The quantitative estimate of drug-likeness (QED) is 0.887. The van der Waals surface area contributed by atoms with Crippen LogP contribution in [0, 0.1) is 5.41 Å². The third kappa shape index (κ3) is 2.59. The minimum Gasteiger partial charge on any atom is -0.496 e. The first kappa shape index (κ1) is 13.9. The number of hydrogen-bond acceptors (Lipinski definition) is 3. The van der Waals surface area contributed by atoms with Crippen LogP contribution >= 0.6 is 0 Å². The van der Waals surface area contributed by atoms with Crippen LogP contribution < -0.4 is 4.74 Å². The van der Waals surface area contributed by atoms with Gasteiger partial charge in [-0.2, -0.15) is 0 Å². The third-order valence-corrected chi connectivity index (χ3v) is 3.71. The SMILES string of the molecule is COc1ccc(C(C)C)cc1CC1(C(=O)O)COC1. The molecule has 1 aliphatic heterocycles. The first-order valence-electron chi connectivity index (χ1n) is 6.46. The van der Waals surface area contributed by atoms with E-state index < -0.39 is 11.4 Å². The van der Waals surface area contributed by atoms with Crippen molar-refractivity contribution in [3.63, 3.8) is 0 Å². The summed E-state index contributed by atoms with van der Waals surface area (Å²) in [6.07, 6.45) is 0.450. The molecule has 0 aliphatic carbocycles. The second-order valence-electron chi connectivity index (χ2n) is 5.48. The predicted molar refractivity (Wildman–Crippen MR) is 71.7 cm³/mol. The smallest absolute Gasteiger partial charge is 0.314 e. The Kier molecular flexibility index (Phi) is 3.80. The van der Waals surface area contributed by atoms with Crippen LogP contribution in [0.3, 0.4) is 0 Å². The first-order valence-corrected chi connectivity index (χ1v) is 6.46. The lowest BCUT2D eigenvalue weighted by Crippen LogP contribution is -2.50. The molecule has 104 valence electrons. The van der Waals surface area contributed by atoms with Gasteiger partial charge in [0, 0.05) is 0 Å². The number of hydrogen-bond donors (Lipinski definition) is 1. The predicted octanol–water partition coefficient (Wildman–Crippen LogP) is 2.46. The zero-order valence-electron chi connectivity index (χ0n) is 11.6. The lowest BCUT2D eigenvalue weighted by atomic mass is 9.79. The van der Waals surface area contributed by atoms with Crippen molar-refractivity contribution in [2.75, 3.05) is 20.3 Å². The largest absolute Gasteiger partial charge is 0.496 e. The summed E-state index contributed by atoms with van der Waals surface area (Å²) in [5.41, 5.74) is 1.35. The molecule has 1 aromatic carbocycles. The van der Waals surface area contributed by atoms with Gasteiger partial charge < -0.3 is 14.6 Å². The molecule has 1 heterocycles. The molecule has 2 rings (SSSR count). The van der Waals surface area contributed by atoms with Crippen LogP contribution in [-0.2, 0) is 16.0 Å². The van der Waals surface area contributed by atoms with E-state index >= 15 is 0 Å². The zero-order valence-corrected chi connectivity index (χ0v) is 11.6. The number of carboxylic acids is 1. The molecule has 0 spiro atoms. The van der Waals surface area contributed by atoms with Gasteiger partial charge >= 0.3 is 5.97 Å². The second-order valence-corrected chi connectivity index (χ2v) is 5.48. The summed E-state index contributed by atoms with van der Waals surface area (Å²) in [7, 11) is 1.61. The number of methoxy groups -OCH3 is 1. The standard InChI is InChI=1S/C15H20O4/c1-10(2)11-4-5-13(18-3)12(6-11)7-15(14(16)17)8-19-9-15/h4-6,10H,7-9H2,1-3H3,(H,16,17). The van der Waals surface area contributed by atoms with Crippen molar-refractivity contribution >= 4 is 5.97 Å². The molecule has 1 aliphatic rings. The van der Waals surface area contributed by atoms with Crippen molar-refractivity contribution in [1.82, 2.24) is 0 Å². The van der Waals surface area contributed by atoms with E-state index in [9.17, 15) is 9.90 Å². The maximum Gasteiger partial charge on any atom is 0.314 e. The molecule has 19 heavy (non-hydrogen) atoms. The molecule has 1 aromatic rings. The molecule has 1 fully saturated rings. The summed E-state index contributed by atoms with van der Waals surface area (Å²) >= 11 is 0. The minimum atomic E-state index is -0.796. The van der Waals surface area contributed by atoms with Gasteiger partial charge in [-0.25, -0.2) is 0 Å². The Morgan fingerprint density at radius 2 is 2.16 bits per heavy atom. The maximum absolute atomic E-state index is 11.4. The monoisotopic (exact) mass is 264 g/mol. The van der Waals surface area contributed by atoms with Crippen LogP contribution in [0.2, 0.25) is 0 Å². The van der Waals surface area contributed by atoms with Crippen molar-refractivity contribution in [2.24, 2.45) is 5.41 Å². The second kappa shape index (κ2) is 5.21. The van der Waals surface area contributed by atoms with Crippen LogP contribution in [0.15, 0.2) is 18.2 Å². The molecule has 0 aromatic heterocycles. The van der Waals surface area contributed by atoms with Gasteiger partial charge in [-0.1, -0.05) is 26.0 Å². The molecular weight excluding hydrogens is 244 g/mol. The van der Waals surface area contributed by atoms with E-state index in [2.05, 4.69) is 13.8 Å². The van der Waals surface area contributed by atoms with Gasteiger partial charge in [0.1, 0.15) is 11.2 Å². The molecule has 0 unspecified atom stereocenters. The number of benzene rings is 1. The number of aliphatic carboxylic acids is 1. The van der Waals surface area contributed by atoms with E-state index in [4.69, 9.17) is 9.47 Å². The summed E-state index contributed by atoms with van der Waals surface area (Å²) in [6, 6.07) is 5.99. The van der Waals surface area contributed by atoms with E-state index in [1.807, 2.05) is 18.2 Å². The van der Waals surface area contributed by atoms with Crippen LogP contribution in [-0.4, -0.2) is 31.4 Å². The molecular formula is C15H20O4. The lowest BCUT2D eigenvalue weighted by Gasteiger charge is -2.37. The summed E-state index contributed by atoms with van der Waals surface area (Å²) in [4.78, 5) is 11.4. The van der Waals surface area contributed by atoms with Gasteiger partial charge in [0.25, 0.3) is 0 Å². The van der Waals surface area contributed by atoms with E-state index in [-0.39, 0.29) is 13.2 Å². The highest BCUT2D eigenvalue weighted by atomic mass is 16.5. The molecule has 4 nitrogen and oxygen atoms in total. The Hall–Kier alpha value is -1.55. The molecule has 0 bridgehead atoms. The Balaban J connectivity index is 2.32. The van der Waals surface area contributed by atoms with E-state index in [1.165, 1.54) is 5.56 Å². The fourth-order valence-corrected chi connectivity index (χ4v) is 2.31. The van der Waals surface area contributed by atoms with Crippen molar-refractivity contribution in [2.45, 2.75) is 26.2 Å². The highest BCUT2D eigenvalue weighted by Crippen LogP contribution is 2.36. The van der Waals surface area contributed by atoms with Crippen LogP contribution in [0.25, 0.3) is 0 Å². The highest BCUT2D eigenvalue weighted by Gasteiger charge is 2.46. The van der Waals surface area contributed by atoms with Gasteiger partial charge in [0.05, 0.1) is 20.3 Å². The van der Waals surface area contributed by atoms with Crippen molar-refractivity contribution < 1.29 is 19.4 Å². The fourth-order valence-electron chi connectivity index (χ4n) is 2.31. The van der Waals surface area contributed by atoms with Gasteiger partial charge in [0.15, 0.2) is 0 Å². The molecule has 0 radical (unpaired) electrons. The topological polar surface area (TPSA) is 55.8 Å². The number of ether oxygens (including phenoxy) is 2. The normalized spacial score (nSPS) is 17.1. The highest BCUT2D eigenvalue weighted by molar-refractivity contribution is 5.76. The Morgan fingerprint density at radius 3 is 2.58 bits per heavy atom. The number of rotatable bonds is 5. The third-order valence-electron chi connectivity index (χ3n) is 3.71. The average molecular weight is 264 g/mol. The minimum absolute atomic E-state index is 0.275. The van der Waals surface area contributed by atoms with E-state index in [0.29, 0.717) is 12.3 Å². The van der Waals surface area contributed by atoms with Gasteiger partial charge in [0.2, 0.25) is 0 Å². The molecule has 1 saturated heterocycles. The van der Waals surface area contributed by atoms with E-state index in [1.54, 1.807) is 7.11 Å². The summed E-state index contributed by atoms with van der Waals surface area (Å²) in [5, 5.41) is 9.37.